The highest BCUT2D eigenvalue weighted by atomic mass is 32.2. The Balaban J connectivity index is 0.00000118. The monoisotopic (exact) mass is 549 g/mol. The maximum absolute atomic E-state index is 13.1. The first-order valence-electron chi connectivity index (χ1n) is 12.5. The Labute approximate surface area is 226 Å². The van der Waals surface area contributed by atoms with Gasteiger partial charge in [-0.1, -0.05) is 19.9 Å². The Morgan fingerprint density at radius 2 is 1.82 bits per heavy atom. The molecule has 38 heavy (non-hydrogen) atoms. The lowest BCUT2D eigenvalue weighted by molar-refractivity contribution is -0.00150. The van der Waals surface area contributed by atoms with Gasteiger partial charge in [-0.15, -0.1) is 0 Å². The van der Waals surface area contributed by atoms with Crippen molar-refractivity contribution in [3.63, 3.8) is 0 Å². The highest BCUT2D eigenvalue weighted by Crippen LogP contribution is 2.45. The van der Waals surface area contributed by atoms with Crippen molar-refractivity contribution in [2.75, 3.05) is 25.1 Å². The maximum Gasteiger partial charge on any atom is 0.415 e. The Morgan fingerprint density at radius 3 is 2.37 bits per heavy atom. The molecular weight excluding hydrogens is 510 g/mol. The zero-order valence-electron chi connectivity index (χ0n) is 22.9. The van der Waals surface area contributed by atoms with Gasteiger partial charge in [-0.3, -0.25) is 4.90 Å². The average Bonchev–Trinajstić information content (AvgIpc) is 2.87. The molecule has 0 aromatic heterocycles. The predicted molar refractivity (Wildman–Crippen MR) is 145 cm³/mol. The van der Waals surface area contributed by atoms with E-state index in [-0.39, 0.29) is 17.4 Å². The van der Waals surface area contributed by atoms with Crippen LogP contribution in [0.25, 0.3) is 0 Å². The first kappa shape index (κ1) is 31.1. The molecule has 0 saturated heterocycles. The number of amides is 1. The largest absolute Gasteiger partial charge is 0.508 e. The van der Waals surface area contributed by atoms with E-state index < -0.39 is 22.2 Å². The number of methoxy groups -OCH3 is 1. The molecule has 1 amide bonds. The van der Waals surface area contributed by atoms with E-state index in [9.17, 15) is 15.0 Å². The van der Waals surface area contributed by atoms with E-state index in [2.05, 4.69) is 5.32 Å². The molecule has 11 heteroatoms. The molecule has 4 N–H and O–H groups in total. The molecule has 0 fully saturated rings. The molecule has 2 aromatic rings. The van der Waals surface area contributed by atoms with Gasteiger partial charge in [-0.2, -0.15) is 13.2 Å². The fourth-order valence-corrected chi connectivity index (χ4v) is 4.46. The summed E-state index contributed by atoms with van der Waals surface area (Å²) < 4.78 is 34.3. The zero-order chi connectivity index (χ0) is 28.7. The van der Waals surface area contributed by atoms with Crippen molar-refractivity contribution in [2.24, 2.45) is 0 Å². The number of rotatable bonds is 10. The molecule has 0 saturated carbocycles. The number of aromatic hydroxyl groups is 1. The van der Waals surface area contributed by atoms with Crippen LogP contribution in [0.5, 0.6) is 11.5 Å². The number of ether oxygens (including phenoxy) is 2. The standard InChI is InChI=1S/C27H38N2O5.HNO2S/c1-7-27(8-2)21-16-20(33-6)10-11-22(21)29(25(32)34-27)14-13-26(4,5)28-17-24(31)19-9-12-23(30)18(3)15-19;1-4(2)3/h9-12,15-16,24,28,30-31H,7-8,13-14,17H2,1-6H3;1H. The van der Waals surface area contributed by atoms with Crippen LogP contribution in [0.2, 0.25) is 0 Å². The van der Waals surface area contributed by atoms with E-state index in [4.69, 9.17) is 22.7 Å². The molecule has 0 bridgehead atoms. The number of aliphatic hydroxyl groups is 1. The second kappa shape index (κ2) is 13.1. The van der Waals surface area contributed by atoms with Gasteiger partial charge in [-0.25, -0.2) is 4.79 Å². The molecule has 0 radical (unpaired) electrons. The average molecular weight is 550 g/mol. The number of fused-ring (bicyclic) bond motifs is 1. The summed E-state index contributed by atoms with van der Waals surface area (Å²) in [5, 5.41) is 23.7. The summed E-state index contributed by atoms with van der Waals surface area (Å²) in [5.74, 6) is 0.953. The van der Waals surface area contributed by atoms with Gasteiger partial charge in [0, 0.05) is 24.2 Å². The number of benzene rings is 2. The Bertz CT molecular complexity index is 1220. The van der Waals surface area contributed by atoms with Gasteiger partial charge in [0.1, 0.15) is 17.1 Å². The van der Waals surface area contributed by atoms with Gasteiger partial charge in [0.2, 0.25) is 0 Å². The summed E-state index contributed by atoms with van der Waals surface area (Å²) in [5.41, 5.74) is 2.31. The molecule has 10 nitrogen and oxygen atoms in total. The Hall–Kier alpha value is -3.15. The highest BCUT2D eigenvalue weighted by molar-refractivity contribution is 7.60. The quantitative estimate of drug-likeness (QED) is 0.330. The van der Waals surface area contributed by atoms with E-state index in [0.717, 1.165) is 28.1 Å². The third-order valence-electron chi connectivity index (χ3n) is 6.97. The molecular formula is C27H39N3O7S. The number of cyclic esters (lactones) is 1. The normalized spacial score (nSPS) is 15.0. The molecule has 210 valence electrons. The molecule has 2 aromatic carbocycles. The van der Waals surface area contributed by atoms with Gasteiger partial charge >= 0.3 is 16.6 Å². The number of nitrogens with zero attached hydrogens (tertiary/aromatic N) is 1. The number of aliphatic hydroxyl groups excluding tert-OH is 1. The fourth-order valence-electron chi connectivity index (χ4n) is 4.46. The van der Waals surface area contributed by atoms with Gasteiger partial charge in [0.15, 0.2) is 0 Å². The summed E-state index contributed by atoms with van der Waals surface area (Å²) in [6.45, 7) is 10.8. The lowest BCUT2D eigenvalue weighted by Gasteiger charge is -2.42. The third-order valence-corrected chi connectivity index (χ3v) is 6.97. The summed E-state index contributed by atoms with van der Waals surface area (Å²) in [7, 11) is -0.976. The lowest BCUT2D eigenvalue weighted by atomic mass is 9.85. The number of nitrogens with one attached hydrogen (secondary N) is 2. The molecule has 1 heterocycles. The SMILES string of the molecule is CCC1(CC)OC(=O)N(CCC(C)(C)NCC(O)c2ccc(O)c(C)c2)c2ccc(OC)cc21.N=S(=O)=O. The van der Waals surface area contributed by atoms with Gasteiger partial charge in [-0.05, 0) is 81.5 Å². The minimum Gasteiger partial charge on any atom is -0.508 e. The second-order valence-electron chi connectivity index (χ2n) is 9.92. The van der Waals surface area contributed by atoms with E-state index in [1.165, 1.54) is 0 Å². The van der Waals surface area contributed by atoms with Gasteiger partial charge < -0.3 is 25.0 Å². The molecule has 1 atom stereocenters. The van der Waals surface area contributed by atoms with Crippen molar-refractivity contribution in [1.29, 1.82) is 4.78 Å². The van der Waals surface area contributed by atoms with Crippen molar-refractivity contribution in [3.05, 3.63) is 53.1 Å². The van der Waals surface area contributed by atoms with Crippen LogP contribution in [0.3, 0.4) is 0 Å². The number of carbonyl (C=O) groups excluding carboxylic acids is 1. The van der Waals surface area contributed by atoms with Crippen LogP contribution in [0.1, 0.15) is 69.8 Å². The van der Waals surface area contributed by atoms with E-state index in [1.54, 1.807) is 37.1 Å². The minimum atomic E-state index is -2.61. The van der Waals surface area contributed by atoms with Gasteiger partial charge in [0.05, 0.1) is 18.9 Å². The second-order valence-corrected chi connectivity index (χ2v) is 10.4. The summed E-state index contributed by atoms with van der Waals surface area (Å²) in [6, 6.07) is 10.9. The van der Waals surface area contributed by atoms with Crippen molar-refractivity contribution in [3.8, 4) is 11.5 Å². The topological polar surface area (TPSA) is 149 Å². The first-order valence-corrected chi connectivity index (χ1v) is 13.6. The highest BCUT2D eigenvalue weighted by Gasteiger charge is 2.43. The van der Waals surface area contributed by atoms with Crippen LogP contribution < -0.4 is 15.0 Å². The number of hydrogen-bond acceptors (Lipinski definition) is 9. The number of β-amino-alcohol motifs (C(OH)–C–C–N with tert-alkyl or cyclic N) is 1. The van der Waals surface area contributed by atoms with Crippen molar-refractivity contribution >= 4 is 22.3 Å². The van der Waals surface area contributed by atoms with E-state index in [1.807, 2.05) is 45.9 Å². The fraction of sp³-hybridized carbons (Fsp3) is 0.519. The molecule has 1 aliphatic rings. The first-order chi connectivity index (χ1) is 17.8. The maximum atomic E-state index is 13.1. The minimum absolute atomic E-state index is 0.214. The lowest BCUT2D eigenvalue weighted by Crippen LogP contribution is -2.49. The number of carbonyl (C=O) groups is 1. The Morgan fingerprint density at radius 1 is 1.18 bits per heavy atom. The molecule has 3 rings (SSSR count). The molecule has 1 aliphatic heterocycles. The molecule has 1 unspecified atom stereocenters. The summed E-state index contributed by atoms with van der Waals surface area (Å²) in [6.07, 6.45) is 0.980. The molecule has 0 spiro atoms. The van der Waals surface area contributed by atoms with Crippen LogP contribution in [0.15, 0.2) is 36.4 Å². The van der Waals surface area contributed by atoms with Crippen LogP contribution in [0.4, 0.5) is 10.5 Å². The number of hydrogen-bond donors (Lipinski definition) is 4. The van der Waals surface area contributed by atoms with Crippen LogP contribution in [0, 0.1) is 11.7 Å². The predicted octanol–water partition coefficient (Wildman–Crippen LogP) is 4.80. The summed E-state index contributed by atoms with van der Waals surface area (Å²) in [4.78, 5) is 14.8. The number of phenols is 1. The third kappa shape index (κ3) is 7.68. The summed E-state index contributed by atoms with van der Waals surface area (Å²) >= 11 is 0. The van der Waals surface area contributed by atoms with E-state index in [0.29, 0.717) is 32.4 Å². The van der Waals surface area contributed by atoms with Crippen molar-refractivity contribution in [1.82, 2.24) is 5.32 Å². The van der Waals surface area contributed by atoms with Crippen LogP contribution in [-0.4, -0.2) is 50.5 Å². The van der Waals surface area contributed by atoms with Crippen molar-refractivity contribution in [2.45, 2.75) is 71.1 Å². The van der Waals surface area contributed by atoms with Crippen LogP contribution >= 0.6 is 0 Å². The van der Waals surface area contributed by atoms with Crippen LogP contribution in [-0.2, 0) is 20.8 Å². The smallest absolute Gasteiger partial charge is 0.415 e. The van der Waals surface area contributed by atoms with Crippen molar-refractivity contribution < 1.29 is 32.9 Å². The number of anilines is 1. The number of phenolic OH excluding ortho intramolecular Hbond substituents is 1. The van der Waals surface area contributed by atoms with Gasteiger partial charge in [0.25, 0.3) is 0 Å². The zero-order valence-corrected chi connectivity index (χ0v) is 23.7. The van der Waals surface area contributed by atoms with E-state index >= 15 is 0 Å². The number of aryl methyl sites for hydroxylation is 1. The molecule has 0 aliphatic carbocycles. The Kier molecular flexibility index (Phi) is 10.7.